The molecule has 7 nitrogen and oxygen atoms in total. The van der Waals surface area contributed by atoms with Crippen LogP contribution >= 0.6 is 0 Å². The summed E-state index contributed by atoms with van der Waals surface area (Å²) in [6, 6.07) is 16.9. The third-order valence-electron chi connectivity index (χ3n) is 6.10. The number of nitrogens with zero attached hydrogens (tertiary/aromatic N) is 2. The summed E-state index contributed by atoms with van der Waals surface area (Å²) in [5.41, 5.74) is 1.17. The first-order chi connectivity index (χ1) is 15.6. The predicted molar refractivity (Wildman–Crippen MR) is 120 cm³/mol. The van der Waals surface area contributed by atoms with Gasteiger partial charge in [-0.3, -0.25) is 14.7 Å². The average molecular weight is 431 g/mol. The van der Waals surface area contributed by atoms with E-state index in [9.17, 15) is 4.79 Å². The maximum absolute atomic E-state index is 13.3. The molecule has 2 aliphatic rings. The summed E-state index contributed by atoms with van der Waals surface area (Å²) in [6.45, 7) is 3.74. The van der Waals surface area contributed by atoms with Crippen molar-refractivity contribution in [3.8, 4) is 23.0 Å². The lowest BCUT2D eigenvalue weighted by atomic mass is 9.96. The minimum Gasteiger partial charge on any atom is -0.456 e. The first kappa shape index (κ1) is 20.3. The molecule has 0 unspecified atom stereocenters. The van der Waals surface area contributed by atoms with Gasteiger partial charge in [0.05, 0.1) is 11.7 Å². The van der Waals surface area contributed by atoms with Gasteiger partial charge in [-0.2, -0.15) is 0 Å². The van der Waals surface area contributed by atoms with E-state index in [1.165, 1.54) is 0 Å². The number of aromatic nitrogens is 1. The number of likely N-dealkylation sites (tertiary alicyclic amines) is 1. The van der Waals surface area contributed by atoms with Crippen LogP contribution in [-0.2, 0) is 11.3 Å². The Kier molecular flexibility index (Phi) is 5.41. The molecule has 1 N–H and O–H groups in total. The fraction of sp³-hybridized carbons (Fsp3) is 0.280. The quantitative estimate of drug-likeness (QED) is 0.615. The van der Waals surface area contributed by atoms with Gasteiger partial charge in [-0.05, 0) is 68.8 Å². The highest BCUT2D eigenvalue weighted by molar-refractivity contribution is 5.98. The summed E-state index contributed by atoms with van der Waals surface area (Å²) < 4.78 is 16.9. The number of carbonyl (C=O) groups excluding carboxylic acids is 1. The second-order valence-corrected chi connectivity index (χ2v) is 8.22. The molecular formula is C25H25N3O4. The monoisotopic (exact) mass is 431 g/mol. The molecule has 0 bridgehead atoms. The Morgan fingerprint density at radius 1 is 1.12 bits per heavy atom. The van der Waals surface area contributed by atoms with Crippen molar-refractivity contribution in [2.45, 2.75) is 31.8 Å². The SMILES string of the molecule is C[C@@]1(C(=O)Nc2ccc(Oc3cccnc3)cc2)CCCN1Cc1cccc2c1OCO2. The van der Waals surface area contributed by atoms with E-state index in [1.807, 2.05) is 61.5 Å². The smallest absolute Gasteiger partial charge is 0.244 e. The summed E-state index contributed by atoms with van der Waals surface area (Å²) in [4.78, 5) is 19.6. The highest BCUT2D eigenvalue weighted by atomic mass is 16.7. The van der Waals surface area contributed by atoms with Crippen LogP contribution in [0.3, 0.4) is 0 Å². The van der Waals surface area contributed by atoms with Gasteiger partial charge in [-0.1, -0.05) is 12.1 Å². The fourth-order valence-corrected chi connectivity index (χ4v) is 4.27. The van der Waals surface area contributed by atoms with E-state index in [-0.39, 0.29) is 12.7 Å². The van der Waals surface area contributed by atoms with Crippen LogP contribution in [-0.4, -0.2) is 34.7 Å². The molecule has 3 heterocycles. The normalized spacial score (nSPS) is 19.7. The van der Waals surface area contributed by atoms with Crippen molar-refractivity contribution in [2.75, 3.05) is 18.7 Å². The Morgan fingerprint density at radius 3 is 2.81 bits per heavy atom. The van der Waals surface area contributed by atoms with E-state index in [4.69, 9.17) is 14.2 Å². The van der Waals surface area contributed by atoms with Gasteiger partial charge in [0.1, 0.15) is 11.5 Å². The Labute approximate surface area is 186 Å². The van der Waals surface area contributed by atoms with Gasteiger partial charge in [-0.25, -0.2) is 0 Å². The Balaban J connectivity index is 1.26. The number of pyridine rings is 1. The van der Waals surface area contributed by atoms with E-state index >= 15 is 0 Å². The number of ether oxygens (including phenoxy) is 3. The summed E-state index contributed by atoms with van der Waals surface area (Å²) >= 11 is 0. The molecule has 1 amide bonds. The fourth-order valence-electron chi connectivity index (χ4n) is 4.27. The van der Waals surface area contributed by atoms with Crippen molar-refractivity contribution >= 4 is 11.6 Å². The van der Waals surface area contributed by atoms with Crippen LogP contribution in [0.25, 0.3) is 0 Å². The van der Waals surface area contributed by atoms with Gasteiger partial charge in [0, 0.05) is 24.0 Å². The predicted octanol–water partition coefficient (Wildman–Crippen LogP) is 4.60. The second-order valence-electron chi connectivity index (χ2n) is 8.22. The van der Waals surface area contributed by atoms with Gasteiger partial charge in [0.25, 0.3) is 0 Å². The van der Waals surface area contributed by atoms with Crippen LogP contribution in [0.4, 0.5) is 5.69 Å². The topological polar surface area (TPSA) is 72.9 Å². The third-order valence-corrected chi connectivity index (χ3v) is 6.10. The first-order valence-corrected chi connectivity index (χ1v) is 10.7. The molecular weight excluding hydrogens is 406 g/mol. The molecule has 1 aromatic heterocycles. The molecule has 164 valence electrons. The van der Waals surface area contributed by atoms with Crippen LogP contribution in [0.15, 0.2) is 67.0 Å². The molecule has 1 atom stereocenters. The molecule has 3 aromatic rings. The molecule has 0 spiro atoms. The van der Waals surface area contributed by atoms with Crippen molar-refractivity contribution < 1.29 is 19.0 Å². The third kappa shape index (κ3) is 3.99. The number of fused-ring (bicyclic) bond motifs is 1. The van der Waals surface area contributed by atoms with Crippen LogP contribution in [0.1, 0.15) is 25.3 Å². The average Bonchev–Trinajstić information content (AvgIpc) is 3.44. The molecule has 1 saturated heterocycles. The molecule has 2 aliphatic heterocycles. The van der Waals surface area contributed by atoms with E-state index < -0.39 is 5.54 Å². The van der Waals surface area contributed by atoms with E-state index in [0.717, 1.165) is 42.1 Å². The summed E-state index contributed by atoms with van der Waals surface area (Å²) in [5.74, 6) is 2.89. The zero-order valence-corrected chi connectivity index (χ0v) is 17.9. The number of nitrogens with one attached hydrogen (secondary N) is 1. The van der Waals surface area contributed by atoms with Gasteiger partial charge in [-0.15, -0.1) is 0 Å². The zero-order valence-electron chi connectivity index (χ0n) is 17.9. The summed E-state index contributed by atoms with van der Waals surface area (Å²) in [5, 5.41) is 3.08. The van der Waals surface area contributed by atoms with Crippen molar-refractivity contribution in [3.05, 3.63) is 72.6 Å². The standard InChI is InChI=1S/C25H25N3O4/c1-25(12-4-14-28(25)16-18-5-2-7-22-23(18)31-17-30-22)24(29)27-19-8-10-20(11-9-19)32-21-6-3-13-26-15-21/h2-3,5-11,13,15H,4,12,14,16-17H2,1H3,(H,27,29)/t25-/m0/s1. The van der Waals surface area contributed by atoms with Crippen LogP contribution in [0.2, 0.25) is 0 Å². The van der Waals surface area contributed by atoms with E-state index in [2.05, 4.69) is 15.2 Å². The summed E-state index contributed by atoms with van der Waals surface area (Å²) in [7, 11) is 0. The largest absolute Gasteiger partial charge is 0.456 e. The van der Waals surface area contributed by atoms with Crippen LogP contribution in [0.5, 0.6) is 23.0 Å². The highest BCUT2D eigenvalue weighted by Crippen LogP contribution is 2.39. The molecule has 1 fully saturated rings. The van der Waals surface area contributed by atoms with Crippen LogP contribution in [0, 0.1) is 0 Å². The maximum atomic E-state index is 13.3. The molecule has 0 radical (unpaired) electrons. The molecule has 0 aliphatic carbocycles. The van der Waals surface area contributed by atoms with E-state index in [0.29, 0.717) is 18.0 Å². The lowest BCUT2D eigenvalue weighted by Crippen LogP contribution is -2.50. The second kappa shape index (κ2) is 8.51. The molecule has 32 heavy (non-hydrogen) atoms. The van der Waals surface area contributed by atoms with Gasteiger partial charge >= 0.3 is 0 Å². The van der Waals surface area contributed by atoms with Gasteiger partial charge < -0.3 is 19.5 Å². The minimum atomic E-state index is -0.604. The Morgan fingerprint density at radius 2 is 2.00 bits per heavy atom. The molecule has 0 saturated carbocycles. The van der Waals surface area contributed by atoms with E-state index in [1.54, 1.807) is 12.4 Å². The molecule has 2 aromatic carbocycles. The van der Waals surface area contributed by atoms with Crippen molar-refractivity contribution in [3.63, 3.8) is 0 Å². The lowest BCUT2D eigenvalue weighted by molar-refractivity contribution is -0.125. The number of benzene rings is 2. The van der Waals surface area contributed by atoms with Crippen molar-refractivity contribution in [1.82, 2.24) is 9.88 Å². The number of amides is 1. The van der Waals surface area contributed by atoms with Crippen LogP contribution < -0.4 is 19.5 Å². The lowest BCUT2D eigenvalue weighted by Gasteiger charge is -2.34. The number of hydrogen-bond acceptors (Lipinski definition) is 6. The Bertz CT molecular complexity index is 1100. The highest BCUT2D eigenvalue weighted by Gasteiger charge is 2.43. The number of para-hydroxylation sites is 1. The first-order valence-electron chi connectivity index (χ1n) is 10.7. The van der Waals surface area contributed by atoms with Crippen molar-refractivity contribution in [2.24, 2.45) is 0 Å². The number of carbonyl (C=O) groups is 1. The number of anilines is 1. The van der Waals surface area contributed by atoms with Gasteiger partial charge in [0.15, 0.2) is 11.5 Å². The Hall–Kier alpha value is -3.58. The number of hydrogen-bond donors (Lipinski definition) is 1. The summed E-state index contributed by atoms with van der Waals surface area (Å²) in [6.07, 6.45) is 5.12. The van der Waals surface area contributed by atoms with Crippen molar-refractivity contribution in [1.29, 1.82) is 0 Å². The maximum Gasteiger partial charge on any atom is 0.244 e. The minimum absolute atomic E-state index is 0.0133. The molecule has 5 rings (SSSR count). The van der Waals surface area contributed by atoms with Gasteiger partial charge in [0.2, 0.25) is 12.7 Å². The number of rotatable bonds is 6. The molecule has 7 heteroatoms. The zero-order chi connectivity index (χ0) is 22.0.